The van der Waals surface area contributed by atoms with E-state index >= 15 is 0 Å². The van der Waals surface area contributed by atoms with Gasteiger partial charge in [-0.2, -0.15) is 0 Å². The number of benzene rings is 3. The number of hydrogen-bond acceptors (Lipinski definition) is 6. The lowest BCUT2D eigenvalue weighted by molar-refractivity contribution is 0.391. The van der Waals surface area contributed by atoms with Crippen molar-refractivity contribution < 1.29 is 27.4 Å². The number of ether oxygens (including phenoxy) is 4. The van der Waals surface area contributed by atoms with Crippen molar-refractivity contribution in [3.8, 4) is 23.0 Å². The van der Waals surface area contributed by atoms with Gasteiger partial charge in [-0.3, -0.25) is 0 Å². The predicted octanol–water partition coefficient (Wildman–Crippen LogP) is 3.86. The van der Waals surface area contributed by atoms with Crippen molar-refractivity contribution in [1.29, 1.82) is 0 Å². The van der Waals surface area contributed by atoms with Crippen molar-refractivity contribution in [2.45, 2.75) is 24.7 Å². The van der Waals surface area contributed by atoms with Gasteiger partial charge < -0.3 is 18.9 Å². The van der Waals surface area contributed by atoms with E-state index in [1.54, 1.807) is 47.5 Å². The molecule has 0 radical (unpaired) electrons. The Hall–Kier alpha value is -3.23. The van der Waals surface area contributed by atoms with E-state index in [0.29, 0.717) is 41.4 Å². The first-order valence-electron chi connectivity index (χ1n) is 10.3. The summed E-state index contributed by atoms with van der Waals surface area (Å²) in [6.45, 7) is 1.78. The quantitative estimate of drug-likeness (QED) is 0.509. The minimum Gasteiger partial charge on any atom is -0.497 e. The first-order chi connectivity index (χ1) is 15.7. The number of rotatable bonds is 9. The zero-order chi connectivity index (χ0) is 24.2. The molecular weight excluding hydrogens is 442 g/mol. The summed E-state index contributed by atoms with van der Waals surface area (Å²) in [5.74, 6) is 2.71. The Labute approximate surface area is 195 Å². The van der Waals surface area contributed by atoms with Gasteiger partial charge in [0.25, 0.3) is 0 Å². The Kier molecular flexibility index (Phi) is 7.50. The molecule has 33 heavy (non-hydrogen) atoms. The molecule has 0 fully saturated rings. The summed E-state index contributed by atoms with van der Waals surface area (Å²) in [5.41, 5.74) is 4.28. The van der Waals surface area contributed by atoms with Crippen molar-refractivity contribution in [2.75, 3.05) is 28.4 Å². The molecule has 0 saturated heterocycles. The Bertz CT molecular complexity index is 1250. The standard InChI is InChI=1S/C25H29NO6S/c1-16-22(13-19-7-10-21(30-3)15-24(19)32-5)17(8-11-25(16)33(26,27)28)12-18-6-9-20(29-2)14-23(18)31-4/h6-11,14-15H,12-13H2,1-5H3,(H2,26,27,28). The van der Waals surface area contributed by atoms with Crippen molar-refractivity contribution in [3.63, 3.8) is 0 Å². The predicted molar refractivity (Wildman–Crippen MR) is 127 cm³/mol. The second kappa shape index (κ2) is 10.1. The minimum atomic E-state index is -3.88. The Morgan fingerprint density at radius 3 is 1.64 bits per heavy atom. The van der Waals surface area contributed by atoms with Crippen LogP contribution >= 0.6 is 0 Å². The van der Waals surface area contributed by atoms with Crippen LogP contribution in [-0.4, -0.2) is 36.9 Å². The van der Waals surface area contributed by atoms with E-state index in [4.69, 9.17) is 24.1 Å². The summed E-state index contributed by atoms with van der Waals surface area (Å²) in [7, 11) is 2.51. The van der Waals surface area contributed by atoms with Gasteiger partial charge in [0.05, 0.1) is 33.3 Å². The van der Waals surface area contributed by atoms with Gasteiger partial charge >= 0.3 is 0 Å². The molecule has 3 rings (SSSR count). The van der Waals surface area contributed by atoms with Crippen LogP contribution in [0.3, 0.4) is 0 Å². The molecule has 0 bridgehead atoms. The average molecular weight is 472 g/mol. The van der Waals surface area contributed by atoms with Gasteiger partial charge in [-0.1, -0.05) is 18.2 Å². The molecule has 0 saturated carbocycles. The minimum absolute atomic E-state index is 0.107. The van der Waals surface area contributed by atoms with Crippen LogP contribution in [0.15, 0.2) is 53.4 Å². The molecule has 3 aromatic carbocycles. The third kappa shape index (κ3) is 5.40. The highest BCUT2D eigenvalue weighted by atomic mass is 32.2. The third-order valence-electron chi connectivity index (χ3n) is 5.69. The SMILES string of the molecule is COc1ccc(Cc2ccc(S(N)(=O)=O)c(C)c2Cc2ccc(OC)cc2OC)c(OC)c1. The maximum Gasteiger partial charge on any atom is 0.238 e. The van der Waals surface area contributed by atoms with Crippen LogP contribution in [0.4, 0.5) is 0 Å². The lowest BCUT2D eigenvalue weighted by atomic mass is 9.91. The van der Waals surface area contributed by atoms with Crippen LogP contribution in [-0.2, 0) is 22.9 Å². The van der Waals surface area contributed by atoms with E-state index in [1.807, 2.05) is 36.4 Å². The summed E-state index contributed by atoms with van der Waals surface area (Å²) in [6, 6.07) is 14.6. The molecule has 7 nitrogen and oxygen atoms in total. The molecule has 0 aliphatic rings. The number of hydrogen-bond donors (Lipinski definition) is 1. The summed E-state index contributed by atoms with van der Waals surface area (Å²) < 4.78 is 46.1. The lowest BCUT2D eigenvalue weighted by Gasteiger charge is -2.19. The van der Waals surface area contributed by atoms with E-state index in [-0.39, 0.29) is 4.90 Å². The molecule has 0 aromatic heterocycles. The van der Waals surface area contributed by atoms with E-state index in [0.717, 1.165) is 22.3 Å². The highest BCUT2D eigenvalue weighted by Crippen LogP contribution is 2.33. The third-order valence-corrected chi connectivity index (χ3v) is 6.74. The first-order valence-corrected chi connectivity index (χ1v) is 11.8. The normalized spacial score (nSPS) is 11.2. The van der Waals surface area contributed by atoms with E-state index < -0.39 is 10.0 Å². The van der Waals surface area contributed by atoms with Gasteiger partial charge in [0.15, 0.2) is 0 Å². The average Bonchev–Trinajstić information content (AvgIpc) is 2.80. The second-order valence-electron chi connectivity index (χ2n) is 7.58. The van der Waals surface area contributed by atoms with Gasteiger partial charge in [-0.15, -0.1) is 0 Å². The van der Waals surface area contributed by atoms with Crippen LogP contribution in [0.25, 0.3) is 0 Å². The van der Waals surface area contributed by atoms with Crippen LogP contribution < -0.4 is 24.1 Å². The number of methoxy groups -OCH3 is 4. The fraction of sp³-hybridized carbons (Fsp3) is 0.280. The molecule has 0 aliphatic heterocycles. The summed E-state index contributed by atoms with van der Waals surface area (Å²) in [4.78, 5) is 0.107. The largest absolute Gasteiger partial charge is 0.497 e. The van der Waals surface area contributed by atoms with Crippen LogP contribution in [0.1, 0.15) is 27.8 Å². The molecule has 0 unspecified atom stereocenters. The van der Waals surface area contributed by atoms with Crippen LogP contribution in [0.5, 0.6) is 23.0 Å². The summed E-state index contributed by atoms with van der Waals surface area (Å²) >= 11 is 0. The Balaban J connectivity index is 2.13. The number of sulfonamides is 1. The fourth-order valence-corrected chi connectivity index (χ4v) is 4.71. The molecule has 0 amide bonds. The maximum atomic E-state index is 12.2. The van der Waals surface area contributed by atoms with Crippen molar-refractivity contribution >= 4 is 10.0 Å². The highest BCUT2D eigenvalue weighted by molar-refractivity contribution is 7.89. The molecule has 2 N–H and O–H groups in total. The number of primary sulfonamides is 1. The van der Waals surface area contributed by atoms with Gasteiger partial charge in [0.1, 0.15) is 23.0 Å². The molecule has 0 aliphatic carbocycles. The molecule has 8 heteroatoms. The summed E-state index contributed by atoms with van der Waals surface area (Å²) in [5, 5.41) is 5.49. The zero-order valence-corrected chi connectivity index (χ0v) is 20.3. The first kappa shape index (κ1) is 24.4. The van der Waals surface area contributed by atoms with E-state index in [2.05, 4.69) is 0 Å². The van der Waals surface area contributed by atoms with E-state index in [9.17, 15) is 8.42 Å². The smallest absolute Gasteiger partial charge is 0.238 e. The molecule has 3 aromatic rings. The highest BCUT2D eigenvalue weighted by Gasteiger charge is 2.20. The van der Waals surface area contributed by atoms with Gasteiger partial charge in [0.2, 0.25) is 10.0 Å². The fourth-order valence-electron chi connectivity index (χ4n) is 3.90. The Morgan fingerprint density at radius 2 is 1.18 bits per heavy atom. The summed E-state index contributed by atoms with van der Waals surface area (Å²) in [6.07, 6.45) is 0.989. The number of nitrogens with two attached hydrogens (primary N) is 1. The monoisotopic (exact) mass is 471 g/mol. The van der Waals surface area contributed by atoms with Crippen molar-refractivity contribution in [3.05, 3.63) is 76.3 Å². The van der Waals surface area contributed by atoms with Gasteiger partial charge in [-0.25, -0.2) is 13.6 Å². The second-order valence-corrected chi connectivity index (χ2v) is 9.11. The molecule has 176 valence electrons. The Morgan fingerprint density at radius 1 is 0.697 bits per heavy atom. The van der Waals surface area contributed by atoms with Crippen molar-refractivity contribution in [1.82, 2.24) is 0 Å². The van der Waals surface area contributed by atoms with Crippen LogP contribution in [0, 0.1) is 6.92 Å². The molecule has 0 spiro atoms. The molecule has 0 heterocycles. The van der Waals surface area contributed by atoms with Crippen LogP contribution in [0.2, 0.25) is 0 Å². The topological polar surface area (TPSA) is 97.1 Å². The molecule has 0 atom stereocenters. The van der Waals surface area contributed by atoms with E-state index in [1.165, 1.54) is 0 Å². The molecular formula is C25H29NO6S. The van der Waals surface area contributed by atoms with Gasteiger partial charge in [-0.05, 0) is 52.9 Å². The van der Waals surface area contributed by atoms with Gasteiger partial charge in [0, 0.05) is 25.0 Å². The lowest BCUT2D eigenvalue weighted by Crippen LogP contribution is -2.16. The zero-order valence-electron chi connectivity index (χ0n) is 19.5. The van der Waals surface area contributed by atoms with Crippen molar-refractivity contribution in [2.24, 2.45) is 5.14 Å². The maximum absolute atomic E-state index is 12.2.